The van der Waals surface area contributed by atoms with Gasteiger partial charge in [-0.05, 0) is 17.7 Å². The van der Waals surface area contributed by atoms with E-state index in [0.717, 1.165) is 25.3 Å². The molecule has 0 saturated heterocycles. The monoisotopic (exact) mass is 341 g/mol. The van der Waals surface area contributed by atoms with Gasteiger partial charge in [-0.2, -0.15) is 4.72 Å². The number of hydrogen-bond donors (Lipinski definition) is 1. The van der Waals surface area contributed by atoms with Crippen LogP contribution in [0.1, 0.15) is 11.6 Å². The van der Waals surface area contributed by atoms with Crippen LogP contribution in [0.2, 0.25) is 0 Å². The molecule has 0 amide bonds. The van der Waals surface area contributed by atoms with E-state index in [1.807, 2.05) is 4.72 Å². The van der Waals surface area contributed by atoms with Crippen molar-refractivity contribution in [2.75, 3.05) is 7.11 Å². The normalized spacial score (nSPS) is 12.7. The first kappa shape index (κ1) is 17.0. The van der Waals surface area contributed by atoms with Crippen LogP contribution < -0.4 is 4.72 Å². The maximum absolute atomic E-state index is 13.7. The Hall–Kier alpha value is -2.32. The van der Waals surface area contributed by atoms with Crippen LogP contribution in [0.3, 0.4) is 0 Å². The highest BCUT2D eigenvalue weighted by Crippen LogP contribution is 2.21. The molecule has 0 saturated carbocycles. The second-order valence-corrected chi connectivity index (χ2v) is 6.22. The molecule has 8 heteroatoms. The first-order valence-corrected chi connectivity index (χ1v) is 7.94. The lowest BCUT2D eigenvalue weighted by Crippen LogP contribution is -2.35. The molecule has 0 aliphatic carbocycles. The van der Waals surface area contributed by atoms with Gasteiger partial charge in [-0.15, -0.1) is 0 Å². The minimum Gasteiger partial charge on any atom is -0.468 e. The summed E-state index contributed by atoms with van der Waals surface area (Å²) in [5.41, 5.74) is 0.305. The molecule has 2 aromatic rings. The van der Waals surface area contributed by atoms with Crippen molar-refractivity contribution in [2.24, 2.45) is 0 Å². The molecular weight excluding hydrogens is 328 g/mol. The van der Waals surface area contributed by atoms with Gasteiger partial charge < -0.3 is 4.74 Å². The van der Waals surface area contributed by atoms with Gasteiger partial charge in [0.1, 0.15) is 10.9 Å². The number of carbonyl (C=O) groups is 1. The van der Waals surface area contributed by atoms with Gasteiger partial charge in [-0.3, -0.25) is 0 Å². The Morgan fingerprint density at radius 3 is 2.35 bits per heavy atom. The van der Waals surface area contributed by atoms with E-state index in [9.17, 15) is 22.0 Å². The van der Waals surface area contributed by atoms with E-state index in [1.54, 1.807) is 18.2 Å². The van der Waals surface area contributed by atoms with Crippen molar-refractivity contribution >= 4 is 16.0 Å². The van der Waals surface area contributed by atoms with E-state index in [0.29, 0.717) is 5.56 Å². The fourth-order valence-electron chi connectivity index (χ4n) is 1.93. The van der Waals surface area contributed by atoms with Crippen molar-refractivity contribution in [2.45, 2.75) is 10.9 Å². The Bertz CT molecular complexity index is 809. The van der Waals surface area contributed by atoms with Crippen molar-refractivity contribution < 1.29 is 26.7 Å². The average molecular weight is 341 g/mol. The summed E-state index contributed by atoms with van der Waals surface area (Å²) in [7, 11) is -3.39. The number of nitrogens with one attached hydrogen (secondary N) is 1. The van der Waals surface area contributed by atoms with Gasteiger partial charge in [0.05, 0.1) is 7.11 Å². The molecule has 0 aliphatic rings. The Morgan fingerprint density at radius 1 is 1.09 bits per heavy atom. The molecule has 1 unspecified atom stereocenters. The van der Waals surface area contributed by atoms with Gasteiger partial charge in [0.25, 0.3) is 0 Å². The highest BCUT2D eigenvalue weighted by molar-refractivity contribution is 7.89. The summed E-state index contributed by atoms with van der Waals surface area (Å²) in [6.07, 6.45) is 0. The highest BCUT2D eigenvalue weighted by Gasteiger charge is 2.30. The first-order valence-electron chi connectivity index (χ1n) is 6.46. The predicted octanol–water partition coefficient (Wildman–Crippen LogP) is 2.16. The molecule has 1 atom stereocenters. The Labute approximate surface area is 132 Å². The SMILES string of the molecule is COC(=O)C(NS(=O)(=O)c1cccc(F)c1F)c1ccccc1. The minimum atomic E-state index is -4.48. The Morgan fingerprint density at radius 2 is 1.74 bits per heavy atom. The number of esters is 1. The highest BCUT2D eigenvalue weighted by atomic mass is 32.2. The number of halogens is 2. The van der Waals surface area contributed by atoms with Crippen molar-refractivity contribution in [3.05, 3.63) is 65.7 Å². The third-order valence-electron chi connectivity index (χ3n) is 3.05. The van der Waals surface area contributed by atoms with Crippen LogP contribution in [0.25, 0.3) is 0 Å². The molecule has 1 N–H and O–H groups in total. The standard InChI is InChI=1S/C15H13F2NO4S/c1-22-15(19)14(10-6-3-2-4-7-10)18-23(20,21)12-9-5-8-11(16)13(12)17/h2-9,14,18H,1H3. The number of rotatable bonds is 5. The van der Waals surface area contributed by atoms with E-state index in [4.69, 9.17) is 0 Å². The number of carbonyl (C=O) groups excluding carboxylic acids is 1. The second kappa shape index (κ2) is 6.84. The Kier molecular flexibility index (Phi) is 5.07. The number of sulfonamides is 1. The van der Waals surface area contributed by atoms with E-state index >= 15 is 0 Å². The molecule has 122 valence electrons. The quantitative estimate of drug-likeness (QED) is 0.846. The Balaban J connectivity index is 2.43. The number of benzene rings is 2. The summed E-state index contributed by atoms with van der Waals surface area (Å²) >= 11 is 0. The molecule has 0 fully saturated rings. The van der Waals surface area contributed by atoms with Crippen molar-refractivity contribution in [3.8, 4) is 0 Å². The van der Waals surface area contributed by atoms with Crippen LogP contribution in [0.15, 0.2) is 53.4 Å². The number of methoxy groups -OCH3 is 1. The maximum atomic E-state index is 13.7. The van der Waals surface area contributed by atoms with E-state index in [-0.39, 0.29) is 0 Å². The lowest BCUT2D eigenvalue weighted by molar-refractivity contribution is -0.142. The van der Waals surface area contributed by atoms with Crippen LogP contribution in [0, 0.1) is 11.6 Å². The summed E-state index contributed by atoms with van der Waals surface area (Å²) in [6.45, 7) is 0. The molecule has 0 aliphatic heterocycles. The zero-order valence-electron chi connectivity index (χ0n) is 12.0. The molecule has 23 heavy (non-hydrogen) atoms. The van der Waals surface area contributed by atoms with E-state index in [2.05, 4.69) is 4.74 Å². The zero-order valence-corrected chi connectivity index (χ0v) is 12.8. The molecule has 0 spiro atoms. The lowest BCUT2D eigenvalue weighted by atomic mass is 10.1. The van der Waals surface area contributed by atoms with Gasteiger partial charge in [0.2, 0.25) is 10.0 Å². The molecule has 2 aromatic carbocycles. The van der Waals surface area contributed by atoms with Crippen molar-refractivity contribution in [1.29, 1.82) is 0 Å². The van der Waals surface area contributed by atoms with Crippen molar-refractivity contribution in [1.82, 2.24) is 4.72 Å². The average Bonchev–Trinajstić information content (AvgIpc) is 2.55. The summed E-state index contributed by atoms with van der Waals surface area (Å²) < 4.78 is 58.1. The number of hydrogen-bond acceptors (Lipinski definition) is 4. The number of ether oxygens (including phenoxy) is 1. The molecule has 2 rings (SSSR count). The second-order valence-electron chi connectivity index (χ2n) is 4.54. The van der Waals surface area contributed by atoms with Gasteiger partial charge in [-0.1, -0.05) is 36.4 Å². The summed E-state index contributed by atoms with van der Waals surface area (Å²) in [6, 6.07) is 9.27. The zero-order chi connectivity index (χ0) is 17.0. The third-order valence-corrected chi connectivity index (χ3v) is 4.49. The molecular formula is C15H13F2NO4S. The van der Waals surface area contributed by atoms with E-state index < -0.39 is 38.6 Å². The topological polar surface area (TPSA) is 72.5 Å². The van der Waals surface area contributed by atoms with Gasteiger partial charge >= 0.3 is 5.97 Å². The fraction of sp³-hybridized carbons (Fsp3) is 0.133. The van der Waals surface area contributed by atoms with E-state index in [1.165, 1.54) is 12.1 Å². The smallest absolute Gasteiger partial charge is 0.328 e. The van der Waals surface area contributed by atoms with Crippen LogP contribution in [0.5, 0.6) is 0 Å². The molecule has 0 heterocycles. The lowest BCUT2D eigenvalue weighted by Gasteiger charge is -2.17. The summed E-state index contributed by atoms with van der Waals surface area (Å²) in [4.78, 5) is 11.0. The molecule has 0 radical (unpaired) electrons. The first-order chi connectivity index (χ1) is 10.9. The molecule has 0 bridgehead atoms. The summed E-state index contributed by atoms with van der Waals surface area (Å²) in [5.74, 6) is -3.70. The van der Waals surface area contributed by atoms with Gasteiger partial charge in [0.15, 0.2) is 11.6 Å². The molecule has 5 nitrogen and oxygen atoms in total. The van der Waals surface area contributed by atoms with Crippen LogP contribution in [-0.4, -0.2) is 21.5 Å². The van der Waals surface area contributed by atoms with Crippen LogP contribution in [0.4, 0.5) is 8.78 Å². The van der Waals surface area contributed by atoms with Gasteiger partial charge in [-0.25, -0.2) is 22.0 Å². The summed E-state index contributed by atoms with van der Waals surface area (Å²) in [5, 5.41) is 0. The van der Waals surface area contributed by atoms with Crippen molar-refractivity contribution in [3.63, 3.8) is 0 Å². The maximum Gasteiger partial charge on any atom is 0.328 e. The van der Waals surface area contributed by atoms with Gasteiger partial charge in [0, 0.05) is 0 Å². The minimum absolute atomic E-state index is 0.305. The molecule has 0 aromatic heterocycles. The fourth-order valence-corrected chi connectivity index (χ4v) is 3.19. The van der Waals surface area contributed by atoms with Crippen LogP contribution >= 0.6 is 0 Å². The predicted molar refractivity (Wildman–Crippen MR) is 77.9 cm³/mol. The largest absolute Gasteiger partial charge is 0.468 e. The third kappa shape index (κ3) is 3.72. The van der Waals surface area contributed by atoms with Crippen LogP contribution in [-0.2, 0) is 19.6 Å².